The van der Waals surface area contributed by atoms with E-state index in [1.54, 1.807) is 10.9 Å². The molecule has 5 nitrogen and oxygen atoms in total. The summed E-state index contributed by atoms with van der Waals surface area (Å²) in [6, 6.07) is 6.07. The first-order valence-corrected chi connectivity index (χ1v) is 7.48. The predicted molar refractivity (Wildman–Crippen MR) is 79.9 cm³/mol. The van der Waals surface area contributed by atoms with E-state index in [0.29, 0.717) is 5.69 Å². The lowest BCUT2D eigenvalue weighted by Gasteiger charge is -2.38. The zero-order chi connectivity index (χ0) is 15.0. The first kappa shape index (κ1) is 13.9. The Morgan fingerprint density at radius 3 is 2.67 bits per heavy atom. The molecule has 0 spiro atoms. The summed E-state index contributed by atoms with van der Waals surface area (Å²) in [5, 5.41) is 4.38. The Balaban J connectivity index is 1.90. The number of carbonyl (C=O) groups is 1. The molecule has 0 saturated carbocycles. The fraction of sp³-hybridized carbons (Fsp3) is 0.500. The lowest BCUT2D eigenvalue weighted by atomic mass is 9.97. The summed E-state index contributed by atoms with van der Waals surface area (Å²) in [5.41, 5.74) is 1.31. The molecule has 1 saturated heterocycles. The highest BCUT2D eigenvalue weighted by molar-refractivity contribution is 5.93. The van der Waals surface area contributed by atoms with Gasteiger partial charge in [0.25, 0.3) is 5.91 Å². The topological polar surface area (TPSA) is 51.3 Å². The summed E-state index contributed by atoms with van der Waals surface area (Å²) in [7, 11) is 1.83. The van der Waals surface area contributed by atoms with Crippen molar-refractivity contribution in [2.45, 2.75) is 45.2 Å². The highest BCUT2D eigenvalue weighted by atomic mass is 16.3. The Morgan fingerprint density at radius 1 is 1.33 bits per heavy atom. The van der Waals surface area contributed by atoms with Crippen molar-refractivity contribution in [2.75, 3.05) is 0 Å². The van der Waals surface area contributed by atoms with Crippen molar-refractivity contribution in [1.29, 1.82) is 0 Å². The molecule has 2 aromatic rings. The van der Waals surface area contributed by atoms with E-state index in [1.807, 2.05) is 30.1 Å². The molecule has 2 aromatic heterocycles. The summed E-state index contributed by atoms with van der Waals surface area (Å²) in [6.45, 7) is 4.23. The number of carbonyl (C=O) groups excluding carboxylic acids is 1. The maximum absolute atomic E-state index is 12.8. The van der Waals surface area contributed by atoms with Gasteiger partial charge in [-0.05, 0) is 45.2 Å². The normalized spacial score (nSPS) is 22.5. The lowest BCUT2D eigenvalue weighted by Crippen LogP contribution is -2.47. The molecule has 0 radical (unpaired) electrons. The number of amides is 1. The highest BCUT2D eigenvalue weighted by Crippen LogP contribution is 2.26. The molecular formula is C16H21N3O2. The van der Waals surface area contributed by atoms with Crippen molar-refractivity contribution in [1.82, 2.24) is 14.7 Å². The smallest absolute Gasteiger partial charge is 0.274 e. The van der Waals surface area contributed by atoms with Gasteiger partial charge in [-0.1, -0.05) is 0 Å². The van der Waals surface area contributed by atoms with E-state index in [-0.39, 0.29) is 18.0 Å². The second kappa shape index (κ2) is 5.39. The average molecular weight is 287 g/mol. The fourth-order valence-electron chi connectivity index (χ4n) is 3.18. The quantitative estimate of drug-likeness (QED) is 0.853. The standard InChI is InChI=1S/C16H21N3O2/c1-11-6-4-7-12(2)19(11)16(20)13-10-14(18(3)17-13)15-8-5-9-21-15/h5,8-12H,4,6-7H2,1-3H3. The van der Waals surface area contributed by atoms with Gasteiger partial charge in [-0.2, -0.15) is 5.10 Å². The minimum Gasteiger partial charge on any atom is -0.463 e. The van der Waals surface area contributed by atoms with Gasteiger partial charge in [0, 0.05) is 25.2 Å². The van der Waals surface area contributed by atoms with Crippen LogP contribution in [-0.4, -0.2) is 32.7 Å². The van der Waals surface area contributed by atoms with Crippen LogP contribution >= 0.6 is 0 Å². The number of furan rings is 1. The molecule has 112 valence electrons. The Kier molecular flexibility index (Phi) is 3.57. The molecule has 0 aromatic carbocycles. The third-order valence-electron chi connectivity index (χ3n) is 4.30. The molecule has 3 heterocycles. The van der Waals surface area contributed by atoms with Gasteiger partial charge < -0.3 is 9.32 Å². The molecule has 1 aliphatic heterocycles. The van der Waals surface area contributed by atoms with Crippen LogP contribution in [0.25, 0.3) is 11.5 Å². The van der Waals surface area contributed by atoms with Crippen LogP contribution in [0.3, 0.4) is 0 Å². The zero-order valence-corrected chi connectivity index (χ0v) is 12.7. The molecule has 1 fully saturated rings. The van der Waals surface area contributed by atoms with E-state index in [1.165, 1.54) is 6.42 Å². The van der Waals surface area contributed by atoms with Gasteiger partial charge >= 0.3 is 0 Å². The summed E-state index contributed by atoms with van der Waals surface area (Å²) in [5.74, 6) is 0.742. The number of aromatic nitrogens is 2. The zero-order valence-electron chi connectivity index (χ0n) is 12.7. The average Bonchev–Trinajstić information content (AvgIpc) is 3.07. The van der Waals surface area contributed by atoms with E-state index >= 15 is 0 Å². The number of aryl methyl sites for hydroxylation is 1. The first-order chi connectivity index (χ1) is 10.1. The number of rotatable bonds is 2. The Bertz CT molecular complexity index is 620. The second-order valence-corrected chi connectivity index (χ2v) is 5.86. The second-order valence-electron chi connectivity index (χ2n) is 5.86. The van der Waals surface area contributed by atoms with Gasteiger partial charge in [-0.3, -0.25) is 9.48 Å². The molecule has 2 unspecified atom stereocenters. The molecule has 2 atom stereocenters. The van der Waals surface area contributed by atoms with Crippen LogP contribution in [-0.2, 0) is 7.05 Å². The monoisotopic (exact) mass is 287 g/mol. The largest absolute Gasteiger partial charge is 0.463 e. The molecule has 1 amide bonds. The molecule has 5 heteroatoms. The van der Waals surface area contributed by atoms with Crippen molar-refractivity contribution in [3.05, 3.63) is 30.2 Å². The first-order valence-electron chi connectivity index (χ1n) is 7.48. The maximum atomic E-state index is 12.8. The maximum Gasteiger partial charge on any atom is 0.274 e. The van der Waals surface area contributed by atoms with Gasteiger partial charge in [0.1, 0.15) is 5.69 Å². The highest BCUT2D eigenvalue weighted by Gasteiger charge is 2.31. The third-order valence-corrected chi connectivity index (χ3v) is 4.30. The van der Waals surface area contributed by atoms with Crippen LogP contribution in [0.5, 0.6) is 0 Å². The molecule has 21 heavy (non-hydrogen) atoms. The SMILES string of the molecule is CC1CCCC(C)N1C(=O)c1cc(-c2ccco2)n(C)n1. The van der Waals surface area contributed by atoms with Crippen LogP contribution in [0, 0.1) is 0 Å². The van der Waals surface area contributed by atoms with Crippen molar-refractivity contribution in [2.24, 2.45) is 7.05 Å². The van der Waals surface area contributed by atoms with E-state index in [0.717, 1.165) is 24.3 Å². The molecule has 0 aliphatic carbocycles. The molecule has 0 bridgehead atoms. The third kappa shape index (κ3) is 2.48. The Hall–Kier alpha value is -2.04. The molecule has 0 N–H and O–H groups in total. The minimum absolute atomic E-state index is 0.0168. The van der Waals surface area contributed by atoms with Crippen LogP contribution in [0.1, 0.15) is 43.6 Å². The van der Waals surface area contributed by atoms with Gasteiger partial charge in [0.2, 0.25) is 0 Å². The summed E-state index contributed by atoms with van der Waals surface area (Å²) in [4.78, 5) is 14.7. The molecule has 1 aliphatic rings. The fourth-order valence-corrected chi connectivity index (χ4v) is 3.18. The van der Waals surface area contributed by atoms with Crippen molar-refractivity contribution in [3.8, 4) is 11.5 Å². The molecule has 3 rings (SSSR count). The van der Waals surface area contributed by atoms with E-state index in [4.69, 9.17) is 4.42 Å². The van der Waals surface area contributed by atoms with Crippen LogP contribution in [0.15, 0.2) is 28.9 Å². The Morgan fingerprint density at radius 2 is 2.05 bits per heavy atom. The predicted octanol–water partition coefficient (Wildman–Crippen LogP) is 3.08. The van der Waals surface area contributed by atoms with E-state index in [2.05, 4.69) is 18.9 Å². The van der Waals surface area contributed by atoms with Gasteiger partial charge in [-0.25, -0.2) is 0 Å². The number of hydrogen-bond donors (Lipinski definition) is 0. The number of hydrogen-bond acceptors (Lipinski definition) is 3. The summed E-state index contributed by atoms with van der Waals surface area (Å²) >= 11 is 0. The number of piperidine rings is 1. The number of nitrogens with zero attached hydrogens (tertiary/aromatic N) is 3. The van der Waals surface area contributed by atoms with Crippen LogP contribution in [0.2, 0.25) is 0 Å². The summed E-state index contributed by atoms with van der Waals surface area (Å²) in [6.07, 6.45) is 4.94. The van der Waals surface area contributed by atoms with Gasteiger partial charge in [-0.15, -0.1) is 0 Å². The lowest BCUT2D eigenvalue weighted by molar-refractivity contribution is 0.0504. The van der Waals surface area contributed by atoms with Crippen molar-refractivity contribution >= 4 is 5.91 Å². The Labute approximate surface area is 124 Å². The van der Waals surface area contributed by atoms with Gasteiger partial charge in [0.15, 0.2) is 11.5 Å². The van der Waals surface area contributed by atoms with Crippen LogP contribution < -0.4 is 0 Å². The molecular weight excluding hydrogens is 266 g/mol. The minimum atomic E-state index is 0.0168. The number of likely N-dealkylation sites (tertiary alicyclic amines) is 1. The van der Waals surface area contributed by atoms with Crippen molar-refractivity contribution in [3.63, 3.8) is 0 Å². The van der Waals surface area contributed by atoms with Crippen molar-refractivity contribution < 1.29 is 9.21 Å². The van der Waals surface area contributed by atoms with E-state index in [9.17, 15) is 4.79 Å². The van der Waals surface area contributed by atoms with E-state index < -0.39 is 0 Å². The van der Waals surface area contributed by atoms with Crippen LogP contribution in [0.4, 0.5) is 0 Å². The summed E-state index contributed by atoms with van der Waals surface area (Å²) < 4.78 is 7.10. The van der Waals surface area contributed by atoms with Gasteiger partial charge in [0.05, 0.1) is 6.26 Å².